The molecule has 0 amide bonds. The lowest BCUT2D eigenvalue weighted by Crippen LogP contribution is -2.19. The van der Waals surface area contributed by atoms with E-state index in [1.165, 1.54) is 5.56 Å². The quantitative estimate of drug-likeness (QED) is 0.179. The van der Waals surface area contributed by atoms with Crippen LogP contribution in [-0.2, 0) is 20.0 Å². The maximum Gasteiger partial charge on any atom is 0.362 e. The minimum Gasteiger partial charge on any atom is -0.342 e. The van der Waals surface area contributed by atoms with Gasteiger partial charge in [0.1, 0.15) is 5.82 Å². The third-order valence-corrected chi connectivity index (χ3v) is 9.35. The van der Waals surface area contributed by atoms with Crippen LogP contribution in [0, 0.1) is 6.92 Å². The molecule has 5 rings (SSSR count). The number of hydrogen-bond acceptors (Lipinski definition) is 4. The molecule has 0 atom stereocenters. The van der Waals surface area contributed by atoms with Gasteiger partial charge in [0.25, 0.3) is 0 Å². The van der Waals surface area contributed by atoms with Crippen molar-refractivity contribution >= 4 is 35.5 Å². The summed E-state index contributed by atoms with van der Waals surface area (Å²) in [7, 11) is -3.50. The van der Waals surface area contributed by atoms with Crippen LogP contribution < -0.4 is 5.30 Å². The second kappa shape index (κ2) is 11.7. The second-order valence-electron chi connectivity index (χ2n) is 10.6. The van der Waals surface area contributed by atoms with Gasteiger partial charge in [0.05, 0.1) is 33.6 Å². The van der Waals surface area contributed by atoms with E-state index in [2.05, 4.69) is 41.4 Å². The summed E-state index contributed by atoms with van der Waals surface area (Å²) in [5.74, 6) is 0.793. The highest BCUT2D eigenvalue weighted by molar-refractivity contribution is 7.62. The number of benzene rings is 4. The molecule has 0 radical (unpaired) electrons. The average molecular weight is 573 g/mol. The summed E-state index contributed by atoms with van der Waals surface area (Å²) in [6.07, 6.45) is 0.0531. The van der Waals surface area contributed by atoms with E-state index in [1.807, 2.05) is 83.1 Å². The number of aromatic nitrogens is 2. The zero-order valence-corrected chi connectivity index (χ0v) is 25.1. The van der Waals surface area contributed by atoms with E-state index < -0.39 is 7.60 Å². The largest absolute Gasteiger partial charge is 0.362 e. The highest BCUT2D eigenvalue weighted by Crippen LogP contribution is 2.50. The zero-order valence-electron chi connectivity index (χ0n) is 23.4. The Bertz CT molecular complexity index is 1660. The van der Waals surface area contributed by atoms with E-state index in [0.29, 0.717) is 16.7 Å². The molecule has 0 aliphatic heterocycles. The van der Waals surface area contributed by atoms with Crippen molar-refractivity contribution in [1.82, 2.24) is 9.97 Å². The van der Waals surface area contributed by atoms with E-state index in [9.17, 15) is 4.57 Å². The van der Waals surface area contributed by atoms with Gasteiger partial charge >= 0.3 is 7.60 Å². The first kappa shape index (κ1) is 28.3. The van der Waals surface area contributed by atoms with E-state index in [1.54, 1.807) is 0 Å². The lowest BCUT2D eigenvalue weighted by Gasteiger charge is -2.24. The molecule has 1 N–H and O–H groups in total. The number of nitrogens with one attached hydrogen (secondary N) is 1. The van der Waals surface area contributed by atoms with Crippen molar-refractivity contribution in [3.63, 3.8) is 0 Å². The molecule has 1 heterocycles. The van der Waals surface area contributed by atoms with Crippen LogP contribution in [0.2, 0.25) is 5.02 Å². The number of hydrogen-bond donors (Lipinski definition) is 1. The molecule has 0 aliphatic carbocycles. The third-order valence-electron chi connectivity index (χ3n) is 6.56. The van der Waals surface area contributed by atoms with Crippen LogP contribution in [0.15, 0.2) is 84.9 Å². The van der Waals surface area contributed by atoms with Gasteiger partial charge in [-0.25, -0.2) is 4.98 Å². The SMILES string of the molecule is Cc1ccc(Cc2nc3cc(-c4ccc(-c5ccccc5)cc4)c(Cl)cc3[nH]2)cc1P(=O)(OC(C)C)OC(C)C. The smallest absolute Gasteiger partial charge is 0.342 e. The first-order valence-corrected chi connectivity index (χ1v) is 15.4. The van der Waals surface area contributed by atoms with Gasteiger partial charge < -0.3 is 14.0 Å². The number of fused-ring (bicyclic) bond motifs is 1. The minimum absolute atomic E-state index is 0.239. The Hall–Kier alpha value is -3.21. The summed E-state index contributed by atoms with van der Waals surface area (Å²) in [6.45, 7) is 9.38. The molecule has 40 heavy (non-hydrogen) atoms. The van der Waals surface area contributed by atoms with E-state index in [4.69, 9.17) is 25.6 Å². The standard InChI is InChI=1S/C33H34ClN2O3P/c1-21(2)38-40(37,39-22(3)4)32-17-24(12-11-23(32)5)18-33-35-30-19-28(29(34)20-31(30)36-33)27-15-13-26(14-16-27)25-9-7-6-8-10-25/h6-17,19-22H,18H2,1-5H3,(H,35,36). The van der Waals surface area contributed by atoms with Crippen LogP contribution in [0.25, 0.3) is 33.3 Å². The fourth-order valence-corrected chi connectivity index (χ4v) is 7.30. The Labute approximate surface area is 241 Å². The molecular formula is C33H34ClN2O3P. The molecule has 7 heteroatoms. The minimum atomic E-state index is -3.50. The van der Waals surface area contributed by atoms with Gasteiger partial charge in [-0.2, -0.15) is 0 Å². The van der Waals surface area contributed by atoms with Crippen molar-refractivity contribution in [2.24, 2.45) is 0 Å². The Kier molecular flexibility index (Phi) is 8.30. The monoisotopic (exact) mass is 572 g/mol. The Balaban J connectivity index is 1.43. The van der Waals surface area contributed by atoms with Crippen LogP contribution in [-0.4, -0.2) is 22.2 Å². The van der Waals surface area contributed by atoms with Gasteiger partial charge in [0.2, 0.25) is 0 Å². The highest BCUT2D eigenvalue weighted by Gasteiger charge is 2.32. The summed E-state index contributed by atoms with van der Waals surface area (Å²) in [5.41, 5.74) is 7.83. The van der Waals surface area contributed by atoms with Crippen molar-refractivity contribution in [2.45, 2.75) is 53.2 Å². The van der Waals surface area contributed by atoms with Gasteiger partial charge in [-0.05, 0) is 80.6 Å². The second-order valence-corrected chi connectivity index (χ2v) is 12.9. The molecule has 0 saturated carbocycles. The van der Waals surface area contributed by atoms with Crippen molar-refractivity contribution in [1.29, 1.82) is 0 Å². The van der Waals surface area contributed by atoms with Crippen LogP contribution >= 0.6 is 19.2 Å². The summed E-state index contributed by atoms with van der Waals surface area (Å²) in [6, 6.07) is 28.6. The van der Waals surface area contributed by atoms with E-state index in [-0.39, 0.29) is 12.2 Å². The maximum absolute atomic E-state index is 13.8. The molecule has 4 aromatic carbocycles. The highest BCUT2D eigenvalue weighted by atomic mass is 35.5. The van der Waals surface area contributed by atoms with Crippen molar-refractivity contribution in [3.8, 4) is 22.3 Å². The van der Waals surface area contributed by atoms with Gasteiger partial charge in [0, 0.05) is 12.0 Å². The molecule has 0 saturated heterocycles. The normalized spacial score (nSPS) is 12.1. The molecular weight excluding hydrogens is 539 g/mol. The fraction of sp³-hybridized carbons (Fsp3) is 0.242. The topological polar surface area (TPSA) is 64.2 Å². The number of rotatable bonds is 9. The molecule has 0 bridgehead atoms. The molecule has 5 aromatic rings. The Morgan fingerprint density at radius 2 is 1.45 bits per heavy atom. The van der Waals surface area contributed by atoms with Crippen LogP contribution in [0.4, 0.5) is 0 Å². The van der Waals surface area contributed by atoms with Gasteiger partial charge in [-0.1, -0.05) is 78.3 Å². The number of H-pyrrole nitrogens is 1. The van der Waals surface area contributed by atoms with Gasteiger partial charge in [-0.3, -0.25) is 4.57 Å². The first-order valence-electron chi connectivity index (χ1n) is 13.5. The van der Waals surface area contributed by atoms with E-state index in [0.717, 1.165) is 44.7 Å². The molecule has 0 spiro atoms. The molecule has 0 unspecified atom stereocenters. The molecule has 0 fully saturated rings. The Morgan fingerprint density at radius 3 is 2.10 bits per heavy atom. The Morgan fingerprint density at radius 1 is 0.825 bits per heavy atom. The average Bonchev–Trinajstić information content (AvgIpc) is 3.29. The van der Waals surface area contributed by atoms with Crippen molar-refractivity contribution in [2.75, 3.05) is 0 Å². The van der Waals surface area contributed by atoms with Gasteiger partial charge in [-0.15, -0.1) is 0 Å². The molecule has 5 nitrogen and oxygen atoms in total. The third kappa shape index (κ3) is 6.24. The first-order chi connectivity index (χ1) is 19.1. The number of nitrogens with zero attached hydrogens (tertiary/aromatic N) is 1. The molecule has 206 valence electrons. The number of halogens is 1. The van der Waals surface area contributed by atoms with Crippen molar-refractivity contribution < 1.29 is 13.6 Å². The lowest BCUT2D eigenvalue weighted by atomic mass is 10.00. The lowest BCUT2D eigenvalue weighted by molar-refractivity contribution is 0.150. The predicted molar refractivity (Wildman–Crippen MR) is 166 cm³/mol. The van der Waals surface area contributed by atoms with Crippen LogP contribution in [0.5, 0.6) is 0 Å². The summed E-state index contributed by atoms with van der Waals surface area (Å²) in [5, 5.41) is 1.25. The van der Waals surface area contributed by atoms with E-state index >= 15 is 0 Å². The molecule has 0 aliphatic rings. The summed E-state index contributed by atoms with van der Waals surface area (Å²) >= 11 is 6.73. The van der Waals surface area contributed by atoms with Crippen molar-refractivity contribution in [3.05, 3.63) is 107 Å². The van der Waals surface area contributed by atoms with Gasteiger partial charge in [0.15, 0.2) is 0 Å². The summed E-state index contributed by atoms with van der Waals surface area (Å²) < 4.78 is 25.6. The van der Waals surface area contributed by atoms with Crippen LogP contribution in [0.3, 0.4) is 0 Å². The number of imidazole rings is 1. The maximum atomic E-state index is 13.8. The number of aryl methyl sites for hydroxylation is 1. The molecule has 1 aromatic heterocycles. The van der Waals surface area contributed by atoms with Crippen LogP contribution in [0.1, 0.15) is 44.6 Å². The predicted octanol–water partition coefficient (Wildman–Crippen LogP) is 9.12. The number of aromatic amines is 1. The zero-order chi connectivity index (χ0) is 28.4. The summed E-state index contributed by atoms with van der Waals surface area (Å²) in [4.78, 5) is 8.27. The fourth-order valence-electron chi connectivity index (χ4n) is 4.81.